The van der Waals surface area contributed by atoms with Gasteiger partial charge in [-0.1, -0.05) is 11.8 Å². The van der Waals surface area contributed by atoms with Gasteiger partial charge >= 0.3 is 0 Å². The van der Waals surface area contributed by atoms with Crippen LogP contribution in [0.3, 0.4) is 0 Å². The van der Waals surface area contributed by atoms with Crippen molar-refractivity contribution in [2.75, 3.05) is 12.9 Å². The van der Waals surface area contributed by atoms with Crippen LogP contribution in [0.1, 0.15) is 44.3 Å². The Kier molecular flexibility index (Phi) is 4.81. The number of carbonyl (C=O) groups excluding carboxylic acids is 1. The third-order valence-corrected chi connectivity index (χ3v) is 7.83. The average molecular weight is 413 g/mol. The standard InChI is InChI=1S/C22H28N4O2S/c1-14-24-25-21(26(14)18-3-5-19(28-2)6-4-18)29-13-20(27)23-22-10-15-7-16(11-22)9-17(8-15)12-22/h3-6,15-17H,7-13H2,1-2H3,(H,23,27). The smallest absolute Gasteiger partial charge is 0.230 e. The minimum Gasteiger partial charge on any atom is -0.497 e. The lowest BCUT2D eigenvalue weighted by atomic mass is 9.53. The van der Waals surface area contributed by atoms with E-state index in [4.69, 9.17) is 4.74 Å². The van der Waals surface area contributed by atoms with E-state index < -0.39 is 0 Å². The lowest BCUT2D eigenvalue weighted by Crippen LogP contribution is -2.60. The zero-order valence-corrected chi connectivity index (χ0v) is 17.9. The fourth-order valence-electron chi connectivity index (χ4n) is 6.19. The fraction of sp³-hybridized carbons (Fsp3) is 0.591. The largest absolute Gasteiger partial charge is 0.497 e. The van der Waals surface area contributed by atoms with Crippen LogP contribution in [0.15, 0.2) is 29.4 Å². The molecule has 0 unspecified atom stereocenters. The molecule has 0 radical (unpaired) electrons. The molecule has 0 aliphatic heterocycles. The van der Waals surface area contributed by atoms with E-state index in [1.165, 1.54) is 50.3 Å². The molecule has 4 bridgehead atoms. The molecule has 0 spiro atoms. The Morgan fingerprint density at radius 1 is 1.14 bits per heavy atom. The average Bonchev–Trinajstić information content (AvgIpc) is 3.05. The molecular formula is C22H28N4O2S. The molecule has 1 N–H and O–H groups in total. The number of aromatic nitrogens is 3. The Hall–Kier alpha value is -2.02. The Balaban J connectivity index is 1.25. The molecule has 6 rings (SSSR count). The van der Waals surface area contributed by atoms with Crippen molar-refractivity contribution >= 4 is 17.7 Å². The van der Waals surface area contributed by atoms with E-state index in [1.54, 1.807) is 7.11 Å². The molecule has 4 aliphatic carbocycles. The number of amides is 1. The first kappa shape index (κ1) is 19.0. The monoisotopic (exact) mass is 412 g/mol. The maximum absolute atomic E-state index is 12.8. The van der Waals surface area contributed by atoms with Crippen molar-refractivity contribution in [3.63, 3.8) is 0 Å². The van der Waals surface area contributed by atoms with Crippen molar-refractivity contribution in [1.29, 1.82) is 0 Å². The molecule has 2 aromatic rings. The topological polar surface area (TPSA) is 69.0 Å². The number of hydrogen-bond acceptors (Lipinski definition) is 5. The highest BCUT2D eigenvalue weighted by Gasteiger charge is 2.51. The maximum Gasteiger partial charge on any atom is 0.230 e. The minimum atomic E-state index is 0.0615. The number of thioether (sulfide) groups is 1. The van der Waals surface area contributed by atoms with Crippen LogP contribution < -0.4 is 10.1 Å². The number of carbonyl (C=O) groups is 1. The van der Waals surface area contributed by atoms with E-state index in [0.717, 1.165) is 40.2 Å². The number of hydrogen-bond donors (Lipinski definition) is 1. The lowest BCUT2D eigenvalue weighted by molar-refractivity contribution is -0.124. The molecule has 154 valence electrons. The van der Waals surface area contributed by atoms with Crippen molar-refractivity contribution in [1.82, 2.24) is 20.1 Å². The van der Waals surface area contributed by atoms with Gasteiger partial charge in [0.2, 0.25) is 5.91 Å². The number of methoxy groups -OCH3 is 1. The first-order valence-corrected chi connectivity index (χ1v) is 11.5. The van der Waals surface area contributed by atoms with Crippen LogP contribution in [0.4, 0.5) is 0 Å². The van der Waals surface area contributed by atoms with Gasteiger partial charge in [0.1, 0.15) is 11.6 Å². The molecule has 0 saturated heterocycles. The summed E-state index contributed by atoms with van der Waals surface area (Å²) >= 11 is 1.46. The van der Waals surface area contributed by atoms with E-state index in [0.29, 0.717) is 5.75 Å². The summed E-state index contributed by atoms with van der Waals surface area (Å²) in [6, 6.07) is 7.80. The van der Waals surface area contributed by atoms with Crippen molar-refractivity contribution in [2.24, 2.45) is 17.8 Å². The molecule has 6 nitrogen and oxygen atoms in total. The van der Waals surface area contributed by atoms with Gasteiger partial charge in [0.15, 0.2) is 5.16 Å². The third-order valence-electron chi connectivity index (χ3n) is 6.90. The number of aryl methyl sites for hydroxylation is 1. The SMILES string of the molecule is COc1ccc(-n2c(C)nnc2SCC(=O)NC23CC4CC(CC(C4)C2)C3)cc1. The second kappa shape index (κ2) is 7.35. The summed E-state index contributed by atoms with van der Waals surface area (Å²) in [6.45, 7) is 1.93. The van der Waals surface area contributed by atoms with Crippen LogP contribution in [-0.4, -0.2) is 39.1 Å². The van der Waals surface area contributed by atoms with Gasteiger partial charge in [0, 0.05) is 11.2 Å². The first-order chi connectivity index (χ1) is 14.0. The minimum absolute atomic E-state index is 0.0615. The van der Waals surface area contributed by atoms with E-state index >= 15 is 0 Å². The molecule has 1 heterocycles. The van der Waals surface area contributed by atoms with Crippen molar-refractivity contribution in [2.45, 2.75) is 56.1 Å². The number of benzene rings is 1. The summed E-state index contributed by atoms with van der Waals surface area (Å²) < 4.78 is 7.23. The van der Waals surface area contributed by atoms with Gasteiger partial charge in [0.05, 0.1) is 12.9 Å². The number of rotatable bonds is 6. The van der Waals surface area contributed by atoms with Crippen LogP contribution in [0.5, 0.6) is 5.75 Å². The number of nitrogens with zero attached hydrogens (tertiary/aromatic N) is 3. The zero-order chi connectivity index (χ0) is 20.0. The van der Waals surface area contributed by atoms with Crippen LogP contribution >= 0.6 is 11.8 Å². The van der Waals surface area contributed by atoms with Gasteiger partial charge in [-0.05, 0) is 87.5 Å². The van der Waals surface area contributed by atoms with Crippen LogP contribution in [0, 0.1) is 24.7 Å². The summed E-state index contributed by atoms with van der Waals surface area (Å²) in [5.41, 5.74) is 1.03. The third kappa shape index (κ3) is 3.65. The van der Waals surface area contributed by atoms with Gasteiger partial charge in [-0.25, -0.2) is 0 Å². The summed E-state index contributed by atoms with van der Waals surface area (Å²) in [5.74, 6) is 4.59. The second-order valence-corrected chi connectivity index (χ2v) is 10.0. The molecule has 1 aromatic heterocycles. The van der Waals surface area contributed by atoms with E-state index in [-0.39, 0.29) is 11.4 Å². The molecule has 1 amide bonds. The zero-order valence-electron chi connectivity index (χ0n) is 17.1. The summed E-state index contributed by atoms with van der Waals surface area (Å²) in [7, 11) is 1.66. The van der Waals surface area contributed by atoms with Crippen LogP contribution in [0.25, 0.3) is 5.69 Å². The van der Waals surface area contributed by atoms with E-state index in [9.17, 15) is 4.79 Å². The highest BCUT2D eigenvalue weighted by Crippen LogP contribution is 2.55. The van der Waals surface area contributed by atoms with Crippen LogP contribution in [-0.2, 0) is 4.79 Å². The fourth-order valence-corrected chi connectivity index (χ4v) is 6.99. The summed E-state index contributed by atoms with van der Waals surface area (Å²) in [4.78, 5) is 12.8. The van der Waals surface area contributed by atoms with Gasteiger partial charge in [0.25, 0.3) is 0 Å². The quantitative estimate of drug-likeness (QED) is 0.732. The molecule has 4 aliphatic rings. The first-order valence-electron chi connectivity index (χ1n) is 10.5. The Morgan fingerprint density at radius 2 is 1.76 bits per heavy atom. The molecule has 1 aromatic carbocycles. The predicted molar refractivity (Wildman–Crippen MR) is 112 cm³/mol. The molecule has 29 heavy (non-hydrogen) atoms. The molecule has 4 fully saturated rings. The molecule has 0 atom stereocenters. The van der Waals surface area contributed by atoms with E-state index in [2.05, 4.69) is 15.5 Å². The molecular weight excluding hydrogens is 384 g/mol. The summed E-state index contributed by atoms with van der Waals surface area (Å²) in [6.07, 6.45) is 7.68. The van der Waals surface area contributed by atoms with E-state index in [1.807, 2.05) is 35.8 Å². The number of nitrogens with one attached hydrogen (secondary N) is 1. The van der Waals surface area contributed by atoms with Gasteiger partial charge in [-0.2, -0.15) is 0 Å². The van der Waals surface area contributed by atoms with Gasteiger partial charge in [-0.3, -0.25) is 9.36 Å². The second-order valence-electron chi connectivity index (χ2n) is 9.10. The van der Waals surface area contributed by atoms with Crippen molar-refractivity contribution in [3.8, 4) is 11.4 Å². The van der Waals surface area contributed by atoms with Gasteiger partial charge < -0.3 is 10.1 Å². The van der Waals surface area contributed by atoms with Crippen LogP contribution in [0.2, 0.25) is 0 Å². The lowest BCUT2D eigenvalue weighted by Gasteiger charge is -2.56. The van der Waals surface area contributed by atoms with Gasteiger partial charge in [-0.15, -0.1) is 10.2 Å². The number of ether oxygens (including phenoxy) is 1. The Morgan fingerprint density at radius 3 is 2.34 bits per heavy atom. The summed E-state index contributed by atoms with van der Waals surface area (Å²) in [5, 5.41) is 12.7. The highest BCUT2D eigenvalue weighted by molar-refractivity contribution is 7.99. The molecule has 7 heteroatoms. The van der Waals surface area contributed by atoms with Crippen molar-refractivity contribution < 1.29 is 9.53 Å². The van der Waals surface area contributed by atoms with Crippen molar-refractivity contribution in [3.05, 3.63) is 30.1 Å². The normalized spacial score (nSPS) is 29.8. The highest BCUT2D eigenvalue weighted by atomic mass is 32.2. The Labute approximate surface area is 175 Å². The molecule has 4 saturated carbocycles. The maximum atomic E-state index is 12.8. The predicted octanol–water partition coefficient (Wildman–Crippen LogP) is 3.76. The Bertz CT molecular complexity index is 873.